The van der Waals surface area contributed by atoms with Gasteiger partial charge in [-0.05, 0) is 21.8 Å². The number of aliphatic carboxylic acids is 1. The van der Waals surface area contributed by atoms with Gasteiger partial charge < -0.3 is 5.11 Å². The third-order valence-electron chi connectivity index (χ3n) is 1.03. The Morgan fingerprint density at radius 3 is 2.30 bits per heavy atom. The zero-order valence-electron chi connectivity index (χ0n) is 5.63. The Labute approximate surface area is 67.5 Å². The molecule has 0 rings (SSSR count). The van der Waals surface area contributed by atoms with Crippen molar-refractivity contribution in [3.63, 3.8) is 0 Å². The minimum atomic E-state index is -0.860. The molecule has 0 heterocycles. The summed E-state index contributed by atoms with van der Waals surface area (Å²) >= 11 is 2.73. The standard InChI is InChI=1S/C6H9BrO3/c1-4(2-5(7)8)3-6(9)10/h4H,2-3H2,1H3,(H,9,10). The second-order valence-electron chi connectivity index (χ2n) is 2.26. The molecule has 0 radical (unpaired) electrons. The van der Waals surface area contributed by atoms with Crippen molar-refractivity contribution in [3.8, 4) is 0 Å². The molecule has 1 N–H and O–H groups in total. The molecule has 0 aromatic heterocycles. The van der Waals surface area contributed by atoms with Gasteiger partial charge in [0.25, 0.3) is 0 Å². The lowest BCUT2D eigenvalue weighted by molar-refractivity contribution is -0.138. The van der Waals surface area contributed by atoms with E-state index in [0.717, 1.165) is 0 Å². The maximum absolute atomic E-state index is 10.4. The summed E-state index contributed by atoms with van der Waals surface area (Å²) in [5.41, 5.74) is 0. The number of hydrogen-bond acceptors (Lipinski definition) is 2. The molecule has 0 spiro atoms. The summed E-state index contributed by atoms with van der Waals surface area (Å²) < 4.78 is -0.138. The molecule has 0 bridgehead atoms. The number of carboxylic acid groups (broad SMARTS) is 1. The van der Waals surface area contributed by atoms with Gasteiger partial charge in [0, 0.05) is 12.8 Å². The van der Waals surface area contributed by atoms with Crippen LogP contribution in [0.2, 0.25) is 0 Å². The van der Waals surface area contributed by atoms with Gasteiger partial charge in [-0.15, -0.1) is 0 Å². The largest absolute Gasteiger partial charge is 0.481 e. The number of rotatable bonds is 4. The van der Waals surface area contributed by atoms with Crippen LogP contribution in [0.4, 0.5) is 0 Å². The minimum Gasteiger partial charge on any atom is -0.481 e. The van der Waals surface area contributed by atoms with Gasteiger partial charge in [0.1, 0.15) is 0 Å². The summed E-state index contributed by atoms with van der Waals surface area (Å²) in [6, 6.07) is 0. The van der Waals surface area contributed by atoms with Crippen molar-refractivity contribution >= 4 is 26.6 Å². The number of hydrogen-bond donors (Lipinski definition) is 1. The van der Waals surface area contributed by atoms with E-state index in [1.807, 2.05) is 0 Å². The van der Waals surface area contributed by atoms with Crippen LogP contribution in [0.25, 0.3) is 0 Å². The SMILES string of the molecule is CC(CC(=O)O)CC(=O)Br. The number of carboxylic acids is 1. The van der Waals surface area contributed by atoms with Crippen LogP contribution in [0.1, 0.15) is 19.8 Å². The van der Waals surface area contributed by atoms with Crippen molar-refractivity contribution in [2.45, 2.75) is 19.8 Å². The Balaban J connectivity index is 3.53. The molecule has 0 aliphatic rings. The molecule has 1 unspecified atom stereocenters. The first-order valence-corrected chi connectivity index (χ1v) is 3.71. The zero-order chi connectivity index (χ0) is 8.15. The summed E-state index contributed by atoms with van der Waals surface area (Å²) in [6.45, 7) is 1.73. The Morgan fingerprint density at radius 2 is 2.00 bits per heavy atom. The lowest BCUT2D eigenvalue weighted by Gasteiger charge is -2.02. The quantitative estimate of drug-likeness (QED) is 0.712. The maximum atomic E-state index is 10.4. The fourth-order valence-corrected chi connectivity index (χ4v) is 1.20. The van der Waals surface area contributed by atoms with E-state index in [2.05, 4.69) is 15.9 Å². The fourth-order valence-electron chi connectivity index (χ4n) is 0.644. The molecule has 0 amide bonds. The highest BCUT2D eigenvalue weighted by Gasteiger charge is 2.09. The topological polar surface area (TPSA) is 54.4 Å². The molecule has 58 valence electrons. The maximum Gasteiger partial charge on any atom is 0.303 e. The summed E-state index contributed by atoms with van der Waals surface area (Å²) in [6.07, 6.45) is 0.337. The van der Waals surface area contributed by atoms with Gasteiger partial charge in [0.05, 0.1) is 0 Å². The van der Waals surface area contributed by atoms with Crippen LogP contribution in [-0.2, 0) is 9.59 Å². The highest BCUT2D eigenvalue weighted by Crippen LogP contribution is 2.09. The smallest absolute Gasteiger partial charge is 0.303 e. The van der Waals surface area contributed by atoms with Crippen LogP contribution in [-0.4, -0.2) is 15.8 Å². The summed E-state index contributed by atoms with van der Waals surface area (Å²) in [4.78, 5) is 20.4. The molecular formula is C6H9BrO3. The molecule has 0 saturated heterocycles. The van der Waals surface area contributed by atoms with Crippen LogP contribution in [0.5, 0.6) is 0 Å². The minimum absolute atomic E-state index is 0.0529. The van der Waals surface area contributed by atoms with E-state index >= 15 is 0 Å². The van der Waals surface area contributed by atoms with Gasteiger partial charge >= 0.3 is 5.97 Å². The van der Waals surface area contributed by atoms with Gasteiger partial charge in [-0.1, -0.05) is 6.92 Å². The first kappa shape index (κ1) is 9.62. The van der Waals surface area contributed by atoms with Crippen LogP contribution in [0.3, 0.4) is 0 Å². The van der Waals surface area contributed by atoms with Crippen molar-refractivity contribution < 1.29 is 14.7 Å². The first-order chi connectivity index (χ1) is 4.52. The van der Waals surface area contributed by atoms with Crippen LogP contribution in [0, 0.1) is 5.92 Å². The predicted octanol–water partition coefficient (Wildman–Crippen LogP) is 1.41. The predicted molar refractivity (Wildman–Crippen MR) is 40.0 cm³/mol. The van der Waals surface area contributed by atoms with E-state index in [1.165, 1.54) is 0 Å². The zero-order valence-corrected chi connectivity index (χ0v) is 7.22. The third-order valence-corrected chi connectivity index (χ3v) is 1.36. The monoisotopic (exact) mass is 208 g/mol. The molecule has 4 heteroatoms. The van der Waals surface area contributed by atoms with Gasteiger partial charge in [0.2, 0.25) is 0 Å². The van der Waals surface area contributed by atoms with E-state index in [0.29, 0.717) is 0 Å². The summed E-state index contributed by atoms with van der Waals surface area (Å²) in [5, 5.41) is 8.27. The summed E-state index contributed by atoms with van der Waals surface area (Å²) in [5.74, 6) is -0.939. The van der Waals surface area contributed by atoms with Gasteiger partial charge in [-0.25, -0.2) is 0 Å². The average molecular weight is 209 g/mol. The Kier molecular flexibility index (Phi) is 4.27. The van der Waals surface area contributed by atoms with E-state index in [1.54, 1.807) is 6.92 Å². The third kappa shape index (κ3) is 5.75. The Hall–Kier alpha value is -0.380. The molecule has 0 aromatic rings. The van der Waals surface area contributed by atoms with Crippen LogP contribution in [0.15, 0.2) is 0 Å². The second kappa shape index (κ2) is 4.44. The molecule has 3 nitrogen and oxygen atoms in total. The van der Waals surface area contributed by atoms with Crippen molar-refractivity contribution in [1.82, 2.24) is 0 Å². The average Bonchev–Trinajstić information content (AvgIpc) is 1.58. The molecule has 0 aromatic carbocycles. The number of carbonyl (C=O) groups is 2. The lowest BCUT2D eigenvalue weighted by Crippen LogP contribution is -2.06. The highest BCUT2D eigenvalue weighted by atomic mass is 79.9. The Bertz CT molecular complexity index is 128. The summed E-state index contributed by atoms with van der Waals surface area (Å²) in [7, 11) is 0. The van der Waals surface area contributed by atoms with Crippen LogP contribution < -0.4 is 0 Å². The van der Waals surface area contributed by atoms with E-state index < -0.39 is 5.97 Å². The van der Waals surface area contributed by atoms with Crippen molar-refractivity contribution in [1.29, 1.82) is 0 Å². The molecule has 0 saturated carbocycles. The molecule has 1 atom stereocenters. The first-order valence-electron chi connectivity index (χ1n) is 2.92. The van der Waals surface area contributed by atoms with E-state index in [4.69, 9.17) is 5.11 Å². The normalized spacial score (nSPS) is 12.6. The number of carbonyl (C=O) groups excluding carboxylic acids is 1. The number of halogens is 1. The molecule has 10 heavy (non-hydrogen) atoms. The lowest BCUT2D eigenvalue weighted by atomic mass is 10.1. The molecule has 0 fully saturated rings. The van der Waals surface area contributed by atoms with Crippen LogP contribution >= 0.6 is 15.9 Å². The fraction of sp³-hybridized carbons (Fsp3) is 0.667. The van der Waals surface area contributed by atoms with Crippen molar-refractivity contribution in [2.75, 3.05) is 0 Å². The Morgan fingerprint density at radius 1 is 1.50 bits per heavy atom. The molecular weight excluding hydrogens is 200 g/mol. The van der Waals surface area contributed by atoms with Crippen molar-refractivity contribution in [2.24, 2.45) is 5.92 Å². The molecule has 0 aliphatic carbocycles. The highest BCUT2D eigenvalue weighted by molar-refractivity contribution is 9.18. The molecule has 0 aliphatic heterocycles. The van der Waals surface area contributed by atoms with Gasteiger partial charge in [0.15, 0.2) is 4.69 Å². The second-order valence-corrected chi connectivity index (χ2v) is 3.15. The van der Waals surface area contributed by atoms with Crippen molar-refractivity contribution in [3.05, 3.63) is 0 Å². The van der Waals surface area contributed by atoms with Gasteiger partial charge in [-0.2, -0.15) is 0 Å². The van der Waals surface area contributed by atoms with E-state index in [-0.39, 0.29) is 23.5 Å². The van der Waals surface area contributed by atoms with E-state index in [9.17, 15) is 9.59 Å². The van der Waals surface area contributed by atoms with Gasteiger partial charge in [-0.3, -0.25) is 9.59 Å².